The lowest BCUT2D eigenvalue weighted by Gasteiger charge is -2.19. The molecule has 0 unspecified atom stereocenters. The van der Waals surface area contributed by atoms with E-state index in [0.717, 1.165) is 20.0 Å². The van der Waals surface area contributed by atoms with Gasteiger partial charge in [-0.15, -0.1) is 0 Å². The Morgan fingerprint density at radius 1 is 1.20 bits per heavy atom. The Bertz CT molecular complexity index is 875. The minimum Gasteiger partial charge on any atom is -0.426 e. The van der Waals surface area contributed by atoms with Crippen molar-refractivity contribution in [2.24, 2.45) is 0 Å². The van der Waals surface area contributed by atoms with Crippen LogP contribution >= 0.6 is 22.6 Å². The second-order valence-corrected chi connectivity index (χ2v) is 6.94. The van der Waals surface area contributed by atoms with Crippen LogP contribution in [-0.2, 0) is 5.41 Å². The maximum Gasteiger partial charge on any atom is 0.345 e. The van der Waals surface area contributed by atoms with Crippen LogP contribution in [0.3, 0.4) is 0 Å². The highest BCUT2D eigenvalue weighted by atomic mass is 127. The zero-order chi connectivity index (χ0) is 14.5. The monoisotopic (exact) mass is 379 g/mol. The summed E-state index contributed by atoms with van der Waals surface area (Å²) in [5.74, 6) is 0.693. The van der Waals surface area contributed by atoms with Gasteiger partial charge >= 0.3 is 5.63 Å². The minimum atomic E-state index is -0.316. The van der Waals surface area contributed by atoms with E-state index in [1.165, 1.54) is 0 Å². The molecule has 1 aromatic carbocycles. The van der Waals surface area contributed by atoms with E-state index in [0.29, 0.717) is 11.1 Å². The Morgan fingerprint density at radius 3 is 2.60 bits per heavy atom. The molecule has 0 fully saturated rings. The lowest BCUT2D eigenvalue weighted by Crippen LogP contribution is -2.18. The van der Waals surface area contributed by atoms with E-state index in [-0.39, 0.29) is 11.0 Å². The van der Waals surface area contributed by atoms with Crippen molar-refractivity contribution in [2.45, 2.75) is 26.2 Å². The zero-order valence-corrected chi connectivity index (χ0v) is 13.7. The quantitative estimate of drug-likeness (QED) is 0.434. The Morgan fingerprint density at radius 2 is 1.90 bits per heavy atom. The van der Waals surface area contributed by atoms with Crippen LogP contribution in [0, 0.1) is 3.57 Å². The first-order valence-corrected chi connectivity index (χ1v) is 7.48. The fraction of sp³-hybridized carbons (Fsp3) is 0.250. The van der Waals surface area contributed by atoms with E-state index in [1.807, 2.05) is 51.1 Å². The molecule has 0 saturated heterocycles. The molecular weight excluding hydrogens is 365 g/mol. The first-order chi connectivity index (χ1) is 9.38. The number of fused-ring (bicyclic) bond motifs is 2. The second-order valence-electron chi connectivity index (χ2n) is 5.86. The Kier molecular flexibility index (Phi) is 3.08. The largest absolute Gasteiger partial charge is 0.426 e. The molecule has 0 saturated carbocycles. The zero-order valence-electron chi connectivity index (χ0n) is 11.5. The maximum atomic E-state index is 12.2. The summed E-state index contributed by atoms with van der Waals surface area (Å²) < 4.78 is 6.44. The minimum absolute atomic E-state index is 0.225. The highest BCUT2D eigenvalue weighted by molar-refractivity contribution is 14.1. The molecule has 0 amide bonds. The van der Waals surface area contributed by atoms with Gasteiger partial charge in [0.2, 0.25) is 0 Å². The Balaban J connectivity index is 2.50. The van der Waals surface area contributed by atoms with Gasteiger partial charge in [0.25, 0.3) is 0 Å². The summed E-state index contributed by atoms with van der Waals surface area (Å²) in [4.78, 5) is 16.9. The number of para-hydroxylation sites is 1. The van der Waals surface area contributed by atoms with Crippen LogP contribution in [0.15, 0.2) is 39.5 Å². The topological polar surface area (TPSA) is 43.1 Å². The molecule has 0 aliphatic heterocycles. The Hall–Kier alpha value is -1.43. The molecule has 0 aliphatic carbocycles. The number of benzene rings is 1. The third-order valence-corrected chi connectivity index (χ3v) is 4.23. The SMILES string of the molecule is CC(C)(C)c1oc(=O)c2cc3ccccc3nc2c1I. The highest BCUT2D eigenvalue weighted by Crippen LogP contribution is 2.30. The normalized spacial score (nSPS) is 12.2. The van der Waals surface area contributed by atoms with Crippen LogP contribution in [0.5, 0.6) is 0 Å². The predicted octanol–water partition coefficient (Wildman–Crippen LogP) is 4.24. The highest BCUT2D eigenvalue weighted by Gasteiger charge is 2.24. The third-order valence-electron chi connectivity index (χ3n) is 3.23. The van der Waals surface area contributed by atoms with Gasteiger partial charge in [-0.05, 0) is 34.7 Å². The fourth-order valence-electron chi connectivity index (χ4n) is 2.22. The number of halogens is 1. The molecule has 3 rings (SSSR count). The molecule has 0 aliphatic rings. The van der Waals surface area contributed by atoms with Crippen molar-refractivity contribution in [1.82, 2.24) is 4.98 Å². The predicted molar refractivity (Wildman–Crippen MR) is 89.2 cm³/mol. The average Bonchev–Trinajstić information content (AvgIpc) is 2.40. The van der Waals surface area contributed by atoms with Gasteiger partial charge in [-0.2, -0.15) is 0 Å². The number of hydrogen-bond donors (Lipinski definition) is 0. The summed E-state index contributed by atoms with van der Waals surface area (Å²) in [7, 11) is 0. The molecule has 102 valence electrons. The van der Waals surface area contributed by atoms with Gasteiger partial charge in [-0.3, -0.25) is 0 Å². The molecular formula is C16H14INO2. The van der Waals surface area contributed by atoms with Gasteiger partial charge < -0.3 is 4.42 Å². The van der Waals surface area contributed by atoms with Crippen LogP contribution in [0.25, 0.3) is 21.8 Å². The van der Waals surface area contributed by atoms with Crippen molar-refractivity contribution in [3.8, 4) is 0 Å². The van der Waals surface area contributed by atoms with Crippen LogP contribution in [0.4, 0.5) is 0 Å². The summed E-state index contributed by atoms with van der Waals surface area (Å²) in [6.07, 6.45) is 0. The van der Waals surface area contributed by atoms with Crippen LogP contribution in [0.2, 0.25) is 0 Å². The first-order valence-electron chi connectivity index (χ1n) is 6.40. The summed E-state index contributed by atoms with van der Waals surface area (Å²) in [6.45, 7) is 6.08. The van der Waals surface area contributed by atoms with E-state index in [9.17, 15) is 4.79 Å². The maximum absolute atomic E-state index is 12.2. The van der Waals surface area contributed by atoms with E-state index >= 15 is 0 Å². The van der Waals surface area contributed by atoms with Crippen molar-refractivity contribution in [1.29, 1.82) is 0 Å². The van der Waals surface area contributed by atoms with Crippen LogP contribution in [-0.4, -0.2) is 4.98 Å². The van der Waals surface area contributed by atoms with Gasteiger partial charge in [-0.1, -0.05) is 39.0 Å². The van der Waals surface area contributed by atoms with Crippen LogP contribution < -0.4 is 5.63 Å². The van der Waals surface area contributed by atoms with Crippen molar-refractivity contribution in [3.63, 3.8) is 0 Å². The van der Waals surface area contributed by atoms with Gasteiger partial charge in [0.1, 0.15) is 5.76 Å². The fourth-order valence-corrected chi connectivity index (χ4v) is 3.55. The molecule has 0 N–H and O–H groups in total. The van der Waals surface area contributed by atoms with Crippen molar-refractivity contribution in [2.75, 3.05) is 0 Å². The lowest BCUT2D eigenvalue weighted by atomic mass is 9.92. The number of hydrogen-bond acceptors (Lipinski definition) is 3. The summed E-state index contributed by atoms with van der Waals surface area (Å²) >= 11 is 2.22. The molecule has 3 aromatic rings. The molecule has 0 atom stereocenters. The Labute approximate surface area is 130 Å². The average molecular weight is 379 g/mol. The molecule has 2 heterocycles. The molecule has 4 heteroatoms. The van der Waals surface area contributed by atoms with Gasteiger partial charge in [0, 0.05) is 10.8 Å². The van der Waals surface area contributed by atoms with Crippen molar-refractivity contribution < 1.29 is 4.42 Å². The number of pyridine rings is 1. The molecule has 3 nitrogen and oxygen atoms in total. The van der Waals surface area contributed by atoms with E-state index in [1.54, 1.807) is 0 Å². The van der Waals surface area contributed by atoms with Crippen molar-refractivity contribution in [3.05, 3.63) is 50.1 Å². The second kappa shape index (κ2) is 4.55. The van der Waals surface area contributed by atoms with Crippen molar-refractivity contribution >= 4 is 44.4 Å². The molecule has 2 aromatic heterocycles. The van der Waals surface area contributed by atoms with Crippen LogP contribution in [0.1, 0.15) is 26.5 Å². The molecule has 0 spiro atoms. The van der Waals surface area contributed by atoms with Gasteiger partial charge in [0.15, 0.2) is 0 Å². The van der Waals surface area contributed by atoms with Gasteiger partial charge in [-0.25, -0.2) is 9.78 Å². The lowest BCUT2D eigenvalue weighted by molar-refractivity contribution is 0.378. The number of aromatic nitrogens is 1. The molecule has 20 heavy (non-hydrogen) atoms. The molecule has 0 radical (unpaired) electrons. The smallest absolute Gasteiger partial charge is 0.345 e. The van der Waals surface area contributed by atoms with E-state index in [2.05, 4.69) is 27.6 Å². The summed E-state index contributed by atoms with van der Waals surface area (Å²) in [5.41, 5.74) is 1.08. The standard InChI is InChI=1S/C16H14INO2/c1-16(2,3)14-12(17)13-10(15(19)20-14)8-9-6-4-5-7-11(9)18-13/h4-8H,1-3H3. The first kappa shape index (κ1) is 13.5. The van der Waals surface area contributed by atoms with Gasteiger partial charge in [0.05, 0.1) is 20.0 Å². The molecule has 0 bridgehead atoms. The number of nitrogens with zero attached hydrogens (tertiary/aromatic N) is 1. The summed E-state index contributed by atoms with van der Waals surface area (Å²) in [5, 5.41) is 1.49. The number of rotatable bonds is 0. The summed E-state index contributed by atoms with van der Waals surface area (Å²) in [6, 6.07) is 9.65. The van der Waals surface area contributed by atoms with E-state index < -0.39 is 0 Å². The van der Waals surface area contributed by atoms with E-state index in [4.69, 9.17) is 4.42 Å². The third kappa shape index (κ3) is 2.12.